The third kappa shape index (κ3) is 2.94. The Hall–Kier alpha value is -5.05. The zero-order chi connectivity index (χ0) is 28.1. The van der Waals surface area contributed by atoms with E-state index < -0.39 is 5.41 Å². The molecule has 0 N–H and O–H groups in total. The highest BCUT2D eigenvalue weighted by molar-refractivity contribution is 7.99. The standard InChI is InChI=1S/C41H25NS/c1-2-13-27(14-3-1)42-37-25-36-39(24-32(37)31-23-22-26-12-4-5-15-28(26)40(31)42)43-38-21-11-10-20-35(38)41(36)33-18-8-6-16-29(33)30-17-7-9-19-34(30)41/h1-25H. The van der Waals surface area contributed by atoms with Gasteiger partial charge in [-0.2, -0.15) is 0 Å². The average molecular weight is 564 g/mol. The lowest BCUT2D eigenvalue weighted by atomic mass is 9.67. The van der Waals surface area contributed by atoms with Crippen molar-refractivity contribution >= 4 is 44.3 Å². The molecule has 0 saturated heterocycles. The molecule has 1 aliphatic carbocycles. The van der Waals surface area contributed by atoms with Gasteiger partial charge in [-0.1, -0.05) is 133 Å². The number of rotatable bonds is 1. The lowest BCUT2D eigenvalue weighted by molar-refractivity contribution is 0.724. The largest absolute Gasteiger partial charge is 0.309 e. The Kier molecular flexibility index (Phi) is 4.65. The van der Waals surface area contributed by atoms with Crippen LogP contribution in [0, 0.1) is 0 Å². The first-order valence-corrected chi connectivity index (χ1v) is 15.7. The Morgan fingerprint density at radius 1 is 0.442 bits per heavy atom. The first-order chi connectivity index (χ1) is 21.3. The van der Waals surface area contributed by atoms with Gasteiger partial charge in [-0.3, -0.25) is 0 Å². The van der Waals surface area contributed by atoms with E-state index in [1.165, 1.54) is 81.4 Å². The number of aromatic nitrogens is 1. The molecule has 0 amide bonds. The minimum absolute atomic E-state index is 0.390. The van der Waals surface area contributed by atoms with Gasteiger partial charge in [0.25, 0.3) is 0 Å². The number of nitrogens with zero attached hydrogens (tertiary/aromatic N) is 1. The van der Waals surface area contributed by atoms with E-state index in [2.05, 4.69) is 156 Å². The molecule has 0 unspecified atom stereocenters. The predicted octanol–water partition coefficient (Wildman–Crippen LogP) is 10.8. The summed E-state index contributed by atoms with van der Waals surface area (Å²) in [4.78, 5) is 2.66. The van der Waals surface area contributed by atoms with Gasteiger partial charge in [0, 0.05) is 31.6 Å². The van der Waals surface area contributed by atoms with Gasteiger partial charge >= 0.3 is 0 Å². The SMILES string of the molecule is c1ccc(-n2c3cc4c(cc3c3ccc5ccccc5c32)Sc2ccccc2C42c3ccccc3-c3ccccc32)cc1. The number of hydrogen-bond donors (Lipinski definition) is 0. The summed E-state index contributed by atoms with van der Waals surface area (Å²) in [6.07, 6.45) is 0. The highest BCUT2D eigenvalue weighted by Crippen LogP contribution is 2.62. The van der Waals surface area contributed by atoms with Crippen molar-refractivity contribution < 1.29 is 0 Å². The van der Waals surface area contributed by atoms with Crippen LogP contribution < -0.4 is 0 Å². The number of fused-ring (bicyclic) bond motifs is 14. The van der Waals surface area contributed by atoms with E-state index in [0.29, 0.717) is 0 Å². The van der Waals surface area contributed by atoms with E-state index in [4.69, 9.17) is 0 Å². The summed E-state index contributed by atoms with van der Waals surface area (Å²) in [5, 5.41) is 5.13. The Balaban J connectivity index is 1.42. The molecule has 0 atom stereocenters. The molecular formula is C41H25NS. The van der Waals surface area contributed by atoms with Crippen LogP contribution in [0.4, 0.5) is 0 Å². The van der Waals surface area contributed by atoms with Crippen molar-refractivity contribution in [3.05, 3.63) is 174 Å². The molecule has 200 valence electrons. The first kappa shape index (κ1) is 23.5. The zero-order valence-corrected chi connectivity index (χ0v) is 24.1. The fourth-order valence-corrected chi connectivity index (χ4v) is 9.18. The highest BCUT2D eigenvalue weighted by Gasteiger charge is 2.50. The first-order valence-electron chi connectivity index (χ1n) is 14.9. The maximum Gasteiger partial charge on any atom is 0.0736 e. The summed E-state index contributed by atoms with van der Waals surface area (Å²) >= 11 is 1.92. The molecule has 8 aromatic rings. The number of para-hydroxylation sites is 1. The molecule has 1 aliphatic heterocycles. The van der Waals surface area contributed by atoms with Gasteiger partial charge in [0.15, 0.2) is 0 Å². The van der Waals surface area contributed by atoms with Crippen LogP contribution in [0.3, 0.4) is 0 Å². The van der Waals surface area contributed by atoms with Crippen molar-refractivity contribution in [2.24, 2.45) is 0 Å². The van der Waals surface area contributed by atoms with Crippen LogP contribution in [0.1, 0.15) is 22.3 Å². The molecule has 7 aromatic carbocycles. The Morgan fingerprint density at radius 3 is 1.88 bits per heavy atom. The van der Waals surface area contributed by atoms with Gasteiger partial charge < -0.3 is 4.57 Å². The monoisotopic (exact) mass is 563 g/mol. The second-order valence-electron chi connectivity index (χ2n) is 11.7. The molecule has 0 radical (unpaired) electrons. The maximum absolute atomic E-state index is 2.52. The summed E-state index contributed by atoms with van der Waals surface area (Å²) in [6.45, 7) is 0. The van der Waals surface area contributed by atoms with Gasteiger partial charge in [-0.15, -0.1) is 0 Å². The van der Waals surface area contributed by atoms with E-state index >= 15 is 0 Å². The van der Waals surface area contributed by atoms with Gasteiger partial charge in [0.2, 0.25) is 0 Å². The van der Waals surface area contributed by atoms with Crippen molar-refractivity contribution in [1.29, 1.82) is 0 Å². The van der Waals surface area contributed by atoms with Crippen LogP contribution in [-0.4, -0.2) is 4.57 Å². The van der Waals surface area contributed by atoms with E-state index in [9.17, 15) is 0 Å². The maximum atomic E-state index is 2.52. The lowest BCUT2D eigenvalue weighted by Gasteiger charge is -2.39. The van der Waals surface area contributed by atoms with Crippen molar-refractivity contribution in [1.82, 2.24) is 4.57 Å². The summed E-state index contributed by atoms with van der Waals surface area (Å²) in [5.74, 6) is 0. The van der Waals surface area contributed by atoms with Crippen molar-refractivity contribution in [2.75, 3.05) is 0 Å². The van der Waals surface area contributed by atoms with Crippen LogP contribution >= 0.6 is 11.8 Å². The van der Waals surface area contributed by atoms with Crippen molar-refractivity contribution in [3.63, 3.8) is 0 Å². The average Bonchev–Trinajstić information content (AvgIpc) is 3.55. The predicted molar refractivity (Wildman–Crippen MR) is 180 cm³/mol. The molecule has 0 bridgehead atoms. The van der Waals surface area contributed by atoms with Gasteiger partial charge in [0.1, 0.15) is 0 Å². The molecule has 1 nitrogen and oxygen atoms in total. The molecule has 2 heteroatoms. The van der Waals surface area contributed by atoms with Crippen LogP contribution in [0.15, 0.2) is 161 Å². The highest BCUT2D eigenvalue weighted by atomic mass is 32.2. The molecule has 2 aliphatic rings. The lowest BCUT2D eigenvalue weighted by Crippen LogP contribution is -2.32. The topological polar surface area (TPSA) is 4.93 Å². The fourth-order valence-electron chi connectivity index (χ4n) is 7.97. The molecule has 0 fully saturated rings. The second kappa shape index (κ2) is 8.50. The molecule has 0 saturated carbocycles. The van der Waals surface area contributed by atoms with Crippen LogP contribution in [0.5, 0.6) is 0 Å². The Morgan fingerprint density at radius 2 is 1.09 bits per heavy atom. The van der Waals surface area contributed by atoms with Crippen LogP contribution in [0.25, 0.3) is 49.4 Å². The summed E-state index contributed by atoms with van der Waals surface area (Å²) in [5.41, 5.74) is 11.5. The number of hydrogen-bond acceptors (Lipinski definition) is 1. The van der Waals surface area contributed by atoms with E-state index in [1.54, 1.807) is 0 Å². The smallest absolute Gasteiger partial charge is 0.0736 e. The van der Waals surface area contributed by atoms with Crippen molar-refractivity contribution in [3.8, 4) is 16.8 Å². The Bertz CT molecular complexity index is 2390. The Labute approximate surface area is 254 Å². The minimum atomic E-state index is -0.390. The second-order valence-corrected chi connectivity index (χ2v) is 12.7. The van der Waals surface area contributed by atoms with Gasteiger partial charge in [-0.25, -0.2) is 0 Å². The molecule has 43 heavy (non-hydrogen) atoms. The summed E-state index contributed by atoms with van der Waals surface area (Å²) in [7, 11) is 0. The van der Waals surface area contributed by atoms with Gasteiger partial charge in [-0.05, 0) is 69.1 Å². The molecule has 1 spiro atoms. The summed E-state index contributed by atoms with van der Waals surface area (Å²) < 4.78 is 2.50. The summed E-state index contributed by atoms with van der Waals surface area (Å²) in [6, 6.07) is 56.4. The third-order valence-electron chi connectivity index (χ3n) is 9.63. The zero-order valence-electron chi connectivity index (χ0n) is 23.3. The van der Waals surface area contributed by atoms with Crippen molar-refractivity contribution in [2.45, 2.75) is 15.2 Å². The normalized spacial score (nSPS) is 14.1. The molecule has 2 heterocycles. The van der Waals surface area contributed by atoms with E-state index in [-0.39, 0.29) is 0 Å². The van der Waals surface area contributed by atoms with Crippen LogP contribution in [0.2, 0.25) is 0 Å². The third-order valence-corrected chi connectivity index (χ3v) is 10.8. The van der Waals surface area contributed by atoms with E-state index in [0.717, 1.165) is 0 Å². The minimum Gasteiger partial charge on any atom is -0.309 e. The molecular weight excluding hydrogens is 539 g/mol. The molecule has 1 aromatic heterocycles. The molecule has 10 rings (SSSR count). The number of benzene rings is 7. The van der Waals surface area contributed by atoms with E-state index in [1.807, 2.05) is 11.8 Å². The fraction of sp³-hybridized carbons (Fsp3) is 0.0244. The van der Waals surface area contributed by atoms with Crippen LogP contribution in [-0.2, 0) is 5.41 Å². The van der Waals surface area contributed by atoms with Gasteiger partial charge in [0.05, 0.1) is 16.4 Å². The quantitative estimate of drug-likeness (QED) is 0.192.